The van der Waals surface area contributed by atoms with Crippen molar-refractivity contribution in [2.45, 2.75) is 13.5 Å². The van der Waals surface area contributed by atoms with Gasteiger partial charge in [-0.1, -0.05) is 12.1 Å². The first kappa shape index (κ1) is 21.7. The van der Waals surface area contributed by atoms with Gasteiger partial charge in [0.25, 0.3) is 5.91 Å². The highest BCUT2D eigenvalue weighted by Gasteiger charge is 2.09. The third kappa shape index (κ3) is 6.50. The molecule has 0 aliphatic heterocycles. The molecular weight excluding hydrogens is 449 g/mol. The van der Waals surface area contributed by atoms with E-state index in [9.17, 15) is 9.90 Å². The first-order valence-electron chi connectivity index (χ1n) is 8.03. The molecular formula is C16H24IN7O2. The molecule has 0 saturated heterocycles. The summed E-state index contributed by atoms with van der Waals surface area (Å²) < 4.78 is 1.67. The summed E-state index contributed by atoms with van der Waals surface area (Å²) in [4.78, 5) is 20.5. The Labute approximate surface area is 169 Å². The van der Waals surface area contributed by atoms with Gasteiger partial charge in [0, 0.05) is 26.7 Å². The summed E-state index contributed by atoms with van der Waals surface area (Å²) in [5, 5.41) is 22.7. The number of amides is 1. The van der Waals surface area contributed by atoms with Crippen molar-refractivity contribution >= 4 is 35.8 Å². The number of guanidine groups is 1. The van der Waals surface area contributed by atoms with Crippen molar-refractivity contribution in [1.29, 1.82) is 0 Å². The summed E-state index contributed by atoms with van der Waals surface area (Å²) in [6.45, 7) is 3.97. The Balaban J connectivity index is 0.00000338. The summed E-state index contributed by atoms with van der Waals surface area (Å²) in [6, 6.07) is 6.43. The van der Waals surface area contributed by atoms with Gasteiger partial charge in [-0.25, -0.2) is 9.98 Å². The van der Waals surface area contributed by atoms with Gasteiger partial charge in [-0.2, -0.15) is 5.10 Å². The Morgan fingerprint density at radius 1 is 1.23 bits per heavy atom. The number of aliphatic imine (C=N–C) groups is 1. The van der Waals surface area contributed by atoms with Crippen LogP contribution in [0, 0.1) is 0 Å². The van der Waals surface area contributed by atoms with Crippen LogP contribution in [-0.4, -0.2) is 51.4 Å². The predicted molar refractivity (Wildman–Crippen MR) is 110 cm³/mol. The van der Waals surface area contributed by atoms with Crippen molar-refractivity contribution in [3.63, 3.8) is 0 Å². The monoisotopic (exact) mass is 473 g/mol. The van der Waals surface area contributed by atoms with E-state index in [0.717, 1.165) is 12.4 Å². The van der Waals surface area contributed by atoms with Crippen LogP contribution < -0.4 is 16.0 Å². The number of phenolic OH excluding ortho intramolecular Hbond substituents is 1. The second-order valence-corrected chi connectivity index (χ2v) is 5.19. The lowest BCUT2D eigenvalue weighted by Gasteiger charge is -2.12. The largest absolute Gasteiger partial charge is 0.507 e. The minimum Gasteiger partial charge on any atom is -0.507 e. The quantitative estimate of drug-likeness (QED) is 0.203. The zero-order valence-corrected chi connectivity index (χ0v) is 17.1. The fourth-order valence-corrected chi connectivity index (χ4v) is 2.07. The lowest BCUT2D eigenvalue weighted by Crippen LogP contribution is -2.41. The van der Waals surface area contributed by atoms with E-state index < -0.39 is 0 Å². The Hall–Kier alpha value is -2.37. The number of carbonyl (C=O) groups excluding carboxylic acids is 1. The molecule has 26 heavy (non-hydrogen) atoms. The standard InChI is InChI=1S/C16H23N7O2.HI/c1-3-17-16(20-10-14-21-11-22-23(14)2)19-9-8-18-15(25)12-6-4-5-7-13(12)24;/h4-7,11,24H,3,8-10H2,1-2H3,(H,18,25)(H2,17,19,20);1H. The normalized spacial score (nSPS) is 10.8. The van der Waals surface area contributed by atoms with E-state index in [-0.39, 0.29) is 41.2 Å². The van der Waals surface area contributed by atoms with E-state index in [2.05, 4.69) is 31.0 Å². The minimum atomic E-state index is -0.319. The third-order valence-electron chi connectivity index (χ3n) is 3.38. The van der Waals surface area contributed by atoms with E-state index in [1.165, 1.54) is 12.4 Å². The smallest absolute Gasteiger partial charge is 0.255 e. The van der Waals surface area contributed by atoms with Crippen molar-refractivity contribution in [3.8, 4) is 5.75 Å². The van der Waals surface area contributed by atoms with Gasteiger partial charge in [0.1, 0.15) is 24.4 Å². The van der Waals surface area contributed by atoms with E-state index in [1.54, 1.807) is 22.9 Å². The number of para-hydroxylation sites is 1. The van der Waals surface area contributed by atoms with Gasteiger partial charge in [0.2, 0.25) is 0 Å². The van der Waals surface area contributed by atoms with Crippen LogP contribution in [0.5, 0.6) is 5.75 Å². The fraction of sp³-hybridized carbons (Fsp3) is 0.375. The molecule has 0 atom stereocenters. The van der Waals surface area contributed by atoms with Crippen LogP contribution in [0.3, 0.4) is 0 Å². The number of aromatic hydroxyl groups is 1. The molecule has 142 valence electrons. The summed E-state index contributed by atoms with van der Waals surface area (Å²) in [7, 11) is 1.81. The van der Waals surface area contributed by atoms with Crippen LogP contribution >= 0.6 is 24.0 Å². The van der Waals surface area contributed by atoms with Crippen LogP contribution in [0.15, 0.2) is 35.6 Å². The average molecular weight is 473 g/mol. The molecule has 4 N–H and O–H groups in total. The molecule has 2 aromatic rings. The number of carbonyl (C=O) groups is 1. The summed E-state index contributed by atoms with van der Waals surface area (Å²) in [5.74, 6) is 1.03. The summed E-state index contributed by atoms with van der Waals surface area (Å²) in [5.41, 5.74) is 0.255. The molecule has 1 amide bonds. The Morgan fingerprint density at radius 3 is 2.62 bits per heavy atom. The molecule has 0 aliphatic rings. The van der Waals surface area contributed by atoms with Crippen LogP contribution in [0.4, 0.5) is 0 Å². The Kier molecular flexibility index (Phi) is 9.41. The third-order valence-corrected chi connectivity index (χ3v) is 3.38. The number of aromatic nitrogens is 3. The zero-order valence-electron chi connectivity index (χ0n) is 14.8. The molecule has 0 spiro atoms. The second kappa shape index (κ2) is 11.3. The van der Waals surface area contributed by atoms with Gasteiger partial charge in [-0.15, -0.1) is 24.0 Å². The molecule has 0 fully saturated rings. The lowest BCUT2D eigenvalue weighted by molar-refractivity contribution is 0.0951. The van der Waals surface area contributed by atoms with Crippen molar-refractivity contribution in [1.82, 2.24) is 30.7 Å². The number of aryl methyl sites for hydroxylation is 1. The zero-order chi connectivity index (χ0) is 18.1. The molecule has 2 rings (SSSR count). The number of rotatable bonds is 7. The number of nitrogens with one attached hydrogen (secondary N) is 3. The molecule has 0 aliphatic carbocycles. The topological polar surface area (TPSA) is 116 Å². The molecule has 1 aromatic carbocycles. The van der Waals surface area contributed by atoms with Crippen molar-refractivity contribution in [3.05, 3.63) is 42.0 Å². The van der Waals surface area contributed by atoms with E-state index in [1.807, 2.05) is 14.0 Å². The number of hydrogen-bond acceptors (Lipinski definition) is 5. The highest BCUT2D eigenvalue weighted by Crippen LogP contribution is 2.14. The predicted octanol–water partition coefficient (Wildman–Crippen LogP) is 0.624. The van der Waals surface area contributed by atoms with Crippen molar-refractivity contribution < 1.29 is 9.90 Å². The van der Waals surface area contributed by atoms with Gasteiger partial charge in [0.15, 0.2) is 5.96 Å². The molecule has 0 unspecified atom stereocenters. The average Bonchev–Trinajstić information content (AvgIpc) is 3.01. The number of nitrogens with zero attached hydrogens (tertiary/aromatic N) is 4. The fourth-order valence-electron chi connectivity index (χ4n) is 2.07. The number of benzene rings is 1. The SMILES string of the molecule is CCNC(=NCc1ncnn1C)NCCNC(=O)c1ccccc1O.I. The van der Waals surface area contributed by atoms with Crippen LogP contribution in [0.1, 0.15) is 23.1 Å². The maximum Gasteiger partial charge on any atom is 0.255 e. The maximum absolute atomic E-state index is 12.0. The van der Waals surface area contributed by atoms with Gasteiger partial charge < -0.3 is 21.1 Å². The molecule has 9 nitrogen and oxygen atoms in total. The summed E-state index contributed by atoms with van der Waals surface area (Å²) >= 11 is 0. The number of halogens is 1. The number of phenols is 1. The molecule has 1 aromatic heterocycles. The van der Waals surface area contributed by atoms with E-state index >= 15 is 0 Å². The molecule has 1 heterocycles. The Bertz CT molecular complexity index is 733. The first-order chi connectivity index (χ1) is 12.1. The van der Waals surface area contributed by atoms with Crippen LogP contribution in [-0.2, 0) is 13.6 Å². The van der Waals surface area contributed by atoms with Crippen LogP contribution in [0.2, 0.25) is 0 Å². The number of hydrogen-bond donors (Lipinski definition) is 4. The summed E-state index contributed by atoms with van der Waals surface area (Å²) in [6.07, 6.45) is 1.49. The van der Waals surface area contributed by atoms with Crippen LogP contribution in [0.25, 0.3) is 0 Å². The highest BCUT2D eigenvalue weighted by atomic mass is 127. The van der Waals surface area contributed by atoms with Crippen molar-refractivity contribution in [2.24, 2.45) is 12.0 Å². The van der Waals surface area contributed by atoms with Crippen molar-refractivity contribution in [2.75, 3.05) is 19.6 Å². The lowest BCUT2D eigenvalue weighted by atomic mass is 10.2. The van der Waals surface area contributed by atoms with Gasteiger partial charge in [0.05, 0.1) is 5.56 Å². The van der Waals surface area contributed by atoms with Gasteiger partial charge >= 0.3 is 0 Å². The first-order valence-corrected chi connectivity index (χ1v) is 8.03. The molecule has 0 bridgehead atoms. The molecule has 10 heteroatoms. The molecule has 0 radical (unpaired) electrons. The molecule has 0 saturated carbocycles. The minimum absolute atomic E-state index is 0. The van der Waals surface area contributed by atoms with Gasteiger partial charge in [-0.3, -0.25) is 9.48 Å². The van der Waals surface area contributed by atoms with E-state index in [4.69, 9.17) is 0 Å². The van der Waals surface area contributed by atoms with E-state index in [0.29, 0.717) is 25.6 Å². The maximum atomic E-state index is 12.0. The Morgan fingerprint density at radius 2 is 1.96 bits per heavy atom. The highest BCUT2D eigenvalue weighted by molar-refractivity contribution is 14.0. The second-order valence-electron chi connectivity index (χ2n) is 5.19. The van der Waals surface area contributed by atoms with Gasteiger partial charge in [-0.05, 0) is 19.1 Å².